The summed E-state index contributed by atoms with van der Waals surface area (Å²) in [5.41, 5.74) is 0. The van der Waals surface area contributed by atoms with Crippen molar-refractivity contribution >= 4 is 23.3 Å². The molecule has 0 saturated carbocycles. The Morgan fingerprint density at radius 3 is 2.85 bits per heavy atom. The van der Waals surface area contributed by atoms with Gasteiger partial charge in [0.2, 0.25) is 5.91 Å². The van der Waals surface area contributed by atoms with Gasteiger partial charge in [-0.2, -0.15) is 0 Å². The molecule has 4 rings (SSSR count). The van der Waals surface area contributed by atoms with Gasteiger partial charge in [-0.05, 0) is 56.8 Å². The Morgan fingerprint density at radius 2 is 2.07 bits per heavy atom. The Balaban J connectivity index is 1.63. The van der Waals surface area contributed by atoms with E-state index in [-0.39, 0.29) is 0 Å². The van der Waals surface area contributed by atoms with E-state index in [9.17, 15) is 4.79 Å². The van der Waals surface area contributed by atoms with Gasteiger partial charge in [-0.3, -0.25) is 4.79 Å². The van der Waals surface area contributed by atoms with E-state index in [0.717, 1.165) is 50.4 Å². The third kappa shape index (κ3) is 3.67. The van der Waals surface area contributed by atoms with Gasteiger partial charge in [-0.15, -0.1) is 0 Å². The molecule has 27 heavy (non-hydrogen) atoms. The molecule has 1 aromatic rings. The van der Waals surface area contributed by atoms with Crippen LogP contribution in [0.3, 0.4) is 0 Å². The van der Waals surface area contributed by atoms with Gasteiger partial charge in [0.05, 0.1) is 6.20 Å². The maximum Gasteiger partial charge on any atom is 0.223 e. The summed E-state index contributed by atoms with van der Waals surface area (Å²) in [6.07, 6.45) is 8.15. The number of carbonyl (C=O) groups excluding carboxylic acids is 1. The molecule has 4 heterocycles. The summed E-state index contributed by atoms with van der Waals surface area (Å²) in [6, 6.07) is 0.759. The zero-order valence-corrected chi connectivity index (χ0v) is 17.5. The smallest absolute Gasteiger partial charge is 0.223 e. The first-order chi connectivity index (χ1) is 12.9. The third-order valence-corrected chi connectivity index (χ3v) is 6.95. The molecule has 0 unspecified atom stereocenters. The van der Waals surface area contributed by atoms with Gasteiger partial charge < -0.3 is 9.80 Å². The minimum Gasteiger partial charge on any atom is -0.355 e. The summed E-state index contributed by atoms with van der Waals surface area (Å²) in [6.45, 7) is 8.34. The van der Waals surface area contributed by atoms with E-state index in [1.165, 1.54) is 12.8 Å². The normalized spacial score (nSPS) is 30.6. The number of hydrogen-bond donors (Lipinski definition) is 0. The fourth-order valence-corrected chi connectivity index (χ4v) is 5.70. The zero-order chi connectivity index (χ0) is 19.1. The highest BCUT2D eigenvalue weighted by atomic mass is 35.5. The molecule has 4 atom stereocenters. The van der Waals surface area contributed by atoms with E-state index >= 15 is 0 Å². The molecule has 6 heteroatoms. The first kappa shape index (κ1) is 19.0. The number of halogens is 1. The minimum atomic E-state index is 0.367. The van der Waals surface area contributed by atoms with Gasteiger partial charge in [-0.1, -0.05) is 25.4 Å². The molecule has 148 valence electrons. The lowest BCUT2D eigenvalue weighted by molar-refractivity contribution is -0.149. The fourth-order valence-electron chi connectivity index (χ4n) is 5.49. The largest absolute Gasteiger partial charge is 0.355 e. The Hall–Kier alpha value is -1.36. The van der Waals surface area contributed by atoms with E-state index in [2.05, 4.69) is 33.6 Å². The van der Waals surface area contributed by atoms with E-state index in [0.29, 0.717) is 40.8 Å². The number of aryl methyl sites for hydroxylation is 1. The average molecular weight is 391 g/mol. The Bertz CT molecular complexity index is 709. The van der Waals surface area contributed by atoms with Gasteiger partial charge >= 0.3 is 0 Å². The van der Waals surface area contributed by atoms with Gasteiger partial charge in [0, 0.05) is 31.6 Å². The lowest BCUT2D eigenvalue weighted by Crippen LogP contribution is -2.65. The van der Waals surface area contributed by atoms with E-state index in [4.69, 9.17) is 11.6 Å². The van der Waals surface area contributed by atoms with Gasteiger partial charge in [0.1, 0.15) is 10.8 Å². The number of anilines is 1. The molecule has 0 spiro atoms. The Kier molecular flexibility index (Phi) is 5.32. The van der Waals surface area contributed by atoms with Crippen LogP contribution in [0, 0.1) is 24.7 Å². The topological polar surface area (TPSA) is 49.3 Å². The summed E-state index contributed by atoms with van der Waals surface area (Å²) in [5, 5.41) is 0.635. The van der Waals surface area contributed by atoms with Crippen molar-refractivity contribution in [3.8, 4) is 0 Å². The maximum absolute atomic E-state index is 12.8. The van der Waals surface area contributed by atoms with Crippen LogP contribution in [0.2, 0.25) is 5.02 Å². The van der Waals surface area contributed by atoms with Crippen molar-refractivity contribution in [1.29, 1.82) is 0 Å². The van der Waals surface area contributed by atoms with Crippen molar-refractivity contribution in [3.05, 3.63) is 17.0 Å². The molecule has 0 aromatic carbocycles. The molecule has 1 amide bonds. The van der Waals surface area contributed by atoms with Crippen LogP contribution in [0.15, 0.2) is 6.20 Å². The van der Waals surface area contributed by atoms with Crippen LogP contribution in [0.5, 0.6) is 0 Å². The van der Waals surface area contributed by atoms with E-state index in [1.54, 1.807) is 6.20 Å². The monoisotopic (exact) mass is 390 g/mol. The number of rotatable bonds is 4. The molecule has 3 aliphatic rings. The highest BCUT2D eigenvalue weighted by molar-refractivity contribution is 6.32. The molecule has 3 fully saturated rings. The maximum atomic E-state index is 12.8. The standard InChI is InChI=1S/C21H31ClN4O/c1-13(2)7-8-19-16-9-15(18-5-4-6-20(27)26(18)19)11-25(12-16)21-17(22)10-23-14(3)24-21/h10,13,15-16,18-19H,4-9,11-12H2,1-3H3/t15-,16+,18+,19+/m1/s1. The summed E-state index contributed by atoms with van der Waals surface area (Å²) >= 11 is 6.45. The fraction of sp³-hybridized carbons (Fsp3) is 0.762. The zero-order valence-electron chi connectivity index (χ0n) is 16.7. The molecule has 3 aliphatic heterocycles. The number of carbonyl (C=O) groups is 1. The number of amides is 1. The molecule has 0 aliphatic carbocycles. The molecule has 1 aromatic heterocycles. The Morgan fingerprint density at radius 1 is 1.30 bits per heavy atom. The SMILES string of the molecule is Cc1ncc(Cl)c(N2C[C@H]3C[C@@H](C2)[C@H](CCC(C)C)N2C(=O)CCC[C@@H]32)n1. The number of piperidine rings is 3. The minimum absolute atomic E-state index is 0.367. The quantitative estimate of drug-likeness (QED) is 0.777. The number of aromatic nitrogens is 2. The molecule has 0 N–H and O–H groups in total. The molecule has 2 bridgehead atoms. The third-order valence-electron chi connectivity index (χ3n) is 6.68. The van der Waals surface area contributed by atoms with Crippen LogP contribution >= 0.6 is 11.6 Å². The first-order valence-corrected chi connectivity index (χ1v) is 10.9. The highest BCUT2D eigenvalue weighted by Gasteiger charge is 2.49. The van der Waals surface area contributed by atoms with Crippen LogP contribution in [-0.2, 0) is 4.79 Å². The second-order valence-corrected chi connectivity index (χ2v) is 9.46. The van der Waals surface area contributed by atoms with Gasteiger partial charge in [-0.25, -0.2) is 9.97 Å². The Labute approximate surface area is 167 Å². The number of nitrogens with zero attached hydrogens (tertiary/aromatic N) is 4. The van der Waals surface area contributed by atoms with Crippen molar-refractivity contribution in [2.45, 2.75) is 71.4 Å². The summed E-state index contributed by atoms with van der Waals surface area (Å²) in [7, 11) is 0. The average Bonchev–Trinajstić information content (AvgIpc) is 2.63. The van der Waals surface area contributed by atoms with Gasteiger partial charge in [0.15, 0.2) is 5.82 Å². The predicted octanol–water partition coefficient (Wildman–Crippen LogP) is 4.08. The van der Waals surface area contributed by atoms with Crippen LogP contribution in [-0.4, -0.2) is 45.9 Å². The molecule has 0 radical (unpaired) electrons. The van der Waals surface area contributed by atoms with Crippen LogP contribution < -0.4 is 4.90 Å². The first-order valence-electron chi connectivity index (χ1n) is 10.5. The van der Waals surface area contributed by atoms with Gasteiger partial charge in [0.25, 0.3) is 0 Å². The number of fused-ring (bicyclic) bond motifs is 4. The van der Waals surface area contributed by atoms with Crippen LogP contribution in [0.4, 0.5) is 5.82 Å². The summed E-state index contributed by atoms with van der Waals surface area (Å²) < 4.78 is 0. The summed E-state index contributed by atoms with van der Waals surface area (Å²) in [4.78, 5) is 26.4. The van der Waals surface area contributed by atoms with Crippen molar-refractivity contribution in [2.75, 3.05) is 18.0 Å². The van der Waals surface area contributed by atoms with E-state index < -0.39 is 0 Å². The number of hydrogen-bond acceptors (Lipinski definition) is 4. The van der Waals surface area contributed by atoms with Crippen molar-refractivity contribution < 1.29 is 4.79 Å². The molecular weight excluding hydrogens is 360 g/mol. The van der Waals surface area contributed by atoms with Crippen molar-refractivity contribution in [2.24, 2.45) is 17.8 Å². The molecular formula is C21H31ClN4O. The second-order valence-electron chi connectivity index (χ2n) is 9.05. The lowest BCUT2D eigenvalue weighted by atomic mass is 9.71. The summed E-state index contributed by atoms with van der Waals surface area (Å²) in [5.74, 6) is 3.72. The van der Waals surface area contributed by atoms with Crippen molar-refractivity contribution in [3.63, 3.8) is 0 Å². The van der Waals surface area contributed by atoms with Crippen LogP contribution in [0.25, 0.3) is 0 Å². The second kappa shape index (κ2) is 7.57. The van der Waals surface area contributed by atoms with E-state index in [1.807, 2.05) is 6.92 Å². The molecule has 3 saturated heterocycles. The lowest BCUT2D eigenvalue weighted by Gasteiger charge is -2.57. The highest BCUT2D eigenvalue weighted by Crippen LogP contribution is 2.44. The predicted molar refractivity (Wildman–Crippen MR) is 108 cm³/mol. The van der Waals surface area contributed by atoms with Crippen LogP contribution in [0.1, 0.15) is 58.2 Å². The molecule has 5 nitrogen and oxygen atoms in total. The van der Waals surface area contributed by atoms with Crippen molar-refractivity contribution in [1.82, 2.24) is 14.9 Å².